The van der Waals surface area contributed by atoms with Gasteiger partial charge in [-0.2, -0.15) is 13.2 Å². The molecule has 0 amide bonds. The van der Waals surface area contributed by atoms with E-state index in [1.54, 1.807) is 41.5 Å². The average molecular weight is 668 g/mol. The van der Waals surface area contributed by atoms with Crippen LogP contribution in [0.2, 0.25) is 0 Å². The lowest BCUT2D eigenvalue weighted by Crippen LogP contribution is -2.15. The summed E-state index contributed by atoms with van der Waals surface area (Å²) in [7, 11) is 0. The summed E-state index contributed by atoms with van der Waals surface area (Å²) in [5.41, 5.74) is 2.38. The molecule has 0 bridgehead atoms. The lowest BCUT2D eigenvalue weighted by atomic mass is 9.85. The Labute approximate surface area is 289 Å². The van der Waals surface area contributed by atoms with E-state index in [9.17, 15) is 0 Å². The first-order valence-electron chi connectivity index (χ1n) is 16.7. The quantitative estimate of drug-likeness (QED) is 0.191. The summed E-state index contributed by atoms with van der Waals surface area (Å²) >= 11 is 0. The smallest absolute Gasteiger partial charge is 0.289 e. The lowest BCUT2D eigenvalue weighted by molar-refractivity contribution is -0.136. The van der Waals surface area contributed by atoms with Crippen molar-refractivity contribution in [3.05, 3.63) is 101 Å². The molecule has 0 aliphatic rings. The Morgan fingerprint density at radius 3 is 1.20 bits per heavy atom. The number of nitrogens with zero attached hydrogens (tertiary/aromatic N) is 5. The van der Waals surface area contributed by atoms with Crippen molar-refractivity contribution >= 4 is 0 Å². The topological polar surface area (TPSA) is 56.5 Å². The van der Waals surface area contributed by atoms with Crippen LogP contribution in [-0.4, -0.2) is 24.5 Å². The van der Waals surface area contributed by atoms with Crippen molar-refractivity contribution in [1.82, 2.24) is 24.5 Å². The van der Waals surface area contributed by atoms with Gasteiger partial charge in [0, 0.05) is 30.4 Å². The van der Waals surface area contributed by atoms with Crippen LogP contribution in [0.25, 0.3) is 39.9 Å². The van der Waals surface area contributed by atoms with E-state index >= 15 is 13.2 Å². The number of hydrogen-bond acceptors (Lipinski definition) is 4. The summed E-state index contributed by atoms with van der Waals surface area (Å²) in [5.74, 6) is 0.340. The second-order valence-corrected chi connectivity index (χ2v) is 17.0. The molecule has 49 heavy (non-hydrogen) atoms. The molecule has 5 nitrogen and oxygen atoms in total. The predicted octanol–water partition coefficient (Wildman–Crippen LogP) is 11.3. The van der Waals surface area contributed by atoms with Crippen molar-refractivity contribution in [1.29, 1.82) is 0 Å². The third kappa shape index (κ3) is 7.34. The predicted molar refractivity (Wildman–Crippen MR) is 193 cm³/mol. The molecule has 0 atom stereocenters. The number of rotatable bonds is 4. The standard InChI is InChI=1S/C41H48F3N5/c1-37(2,3)25-13-17-45-29(21-25)33-34(41(42,43)44)36(31-23-27(15-19-47-31)39(7,8)9)49(32-24-28(16-20-48-32)40(10,11)12)35(33)30-22-26(14-18-46-30)38(4,5)6/h13-24H,1-12H3. The number of aromatic nitrogens is 5. The zero-order valence-corrected chi connectivity index (χ0v) is 30.8. The van der Waals surface area contributed by atoms with Gasteiger partial charge in [0.2, 0.25) is 0 Å². The summed E-state index contributed by atoms with van der Waals surface area (Å²) < 4.78 is 49.6. The molecule has 5 rings (SSSR count). The van der Waals surface area contributed by atoms with Crippen LogP contribution in [0.1, 0.15) is 111 Å². The van der Waals surface area contributed by atoms with Crippen LogP contribution < -0.4 is 0 Å². The summed E-state index contributed by atoms with van der Waals surface area (Å²) in [4.78, 5) is 18.8. The van der Waals surface area contributed by atoms with Gasteiger partial charge >= 0.3 is 6.18 Å². The molecule has 0 unspecified atom stereocenters. The lowest BCUT2D eigenvalue weighted by Gasteiger charge is -2.23. The van der Waals surface area contributed by atoms with Gasteiger partial charge in [0.15, 0.2) is 0 Å². The Kier molecular flexibility index (Phi) is 8.97. The Morgan fingerprint density at radius 2 is 0.796 bits per heavy atom. The minimum absolute atomic E-state index is 0.0573. The Morgan fingerprint density at radius 1 is 0.449 bits per heavy atom. The molecule has 5 heterocycles. The monoisotopic (exact) mass is 667 g/mol. The molecule has 0 fully saturated rings. The zero-order chi connectivity index (χ0) is 36.3. The Bertz CT molecular complexity index is 1860. The fourth-order valence-corrected chi connectivity index (χ4v) is 5.91. The molecule has 0 spiro atoms. The molecule has 5 aromatic rings. The van der Waals surface area contributed by atoms with Gasteiger partial charge in [-0.1, -0.05) is 83.1 Å². The minimum atomic E-state index is -4.80. The van der Waals surface area contributed by atoms with E-state index < -0.39 is 11.7 Å². The molecule has 8 heteroatoms. The van der Waals surface area contributed by atoms with Crippen molar-refractivity contribution in [2.75, 3.05) is 0 Å². The van der Waals surface area contributed by atoms with Crippen molar-refractivity contribution in [2.45, 2.75) is 111 Å². The molecular weight excluding hydrogens is 619 g/mol. The van der Waals surface area contributed by atoms with Gasteiger partial charge in [0.1, 0.15) is 5.82 Å². The fraction of sp³-hybridized carbons (Fsp3) is 0.415. The highest BCUT2D eigenvalue weighted by Gasteiger charge is 2.44. The second-order valence-electron chi connectivity index (χ2n) is 17.0. The first kappa shape index (κ1) is 36.0. The van der Waals surface area contributed by atoms with Crippen LogP contribution in [0.4, 0.5) is 13.2 Å². The number of halogens is 3. The van der Waals surface area contributed by atoms with Gasteiger partial charge in [-0.3, -0.25) is 19.5 Å². The van der Waals surface area contributed by atoms with Crippen LogP contribution in [0, 0.1) is 0 Å². The van der Waals surface area contributed by atoms with E-state index in [0.717, 1.165) is 22.3 Å². The van der Waals surface area contributed by atoms with Gasteiger partial charge in [-0.05, 0) is 92.4 Å². The normalized spacial score (nSPS) is 13.2. The highest BCUT2D eigenvalue weighted by atomic mass is 19.4. The van der Waals surface area contributed by atoms with Gasteiger partial charge in [-0.25, -0.2) is 4.98 Å². The van der Waals surface area contributed by atoms with Crippen molar-refractivity contribution in [3.63, 3.8) is 0 Å². The van der Waals surface area contributed by atoms with Gasteiger partial charge < -0.3 is 0 Å². The number of hydrogen-bond donors (Lipinski definition) is 0. The molecule has 0 saturated heterocycles. The molecule has 5 aromatic heterocycles. The molecule has 0 N–H and O–H groups in total. The second kappa shape index (κ2) is 12.2. The third-order valence-corrected chi connectivity index (χ3v) is 8.91. The molecule has 0 saturated carbocycles. The van der Waals surface area contributed by atoms with Crippen LogP contribution in [0.5, 0.6) is 0 Å². The van der Waals surface area contributed by atoms with Crippen molar-refractivity contribution in [2.24, 2.45) is 0 Å². The fourth-order valence-electron chi connectivity index (χ4n) is 5.91. The van der Waals surface area contributed by atoms with Crippen LogP contribution in [0.3, 0.4) is 0 Å². The van der Waals surface area contributed by atoms with Crippen molar-refractivity contribution < 1.29 is 13.2 Å². The highest BCUT2D eigenvalue weighted by molar-refractivity contribution is 5.90. The Hall–Kier alpha value is -4.33. The molecular formula is C41H48F3N5. The summed E-state index contributed by atoms with van der Waals surface area (Å²) in [6.45, 7) is 24.6. The van der Waals surface area contributed by atoms with E-state index in [0.29, 0.717) is 11.5 Å². The van der Waals surface area contributed by atoms with Crippen LogP contribution >= 0.6 is 0 Å². The van der Waals surface area contributed by atoms with Gasteiger partial charge in [0.05, 0.1) is 34.0 Å². The highest BCUT2D eigenvalue weighted by Crippen LogP contribution is 2.51. The van der Waals surface area contributed by atoms with E-state index in [1.165, 1.54) is 0 Å². The third-order valence-electron chi connectivity index (χ3n) is 8.91. The molecule has 0 aliphatic heterocycles. The average Bonchev–Trinajstić information content (AvgIpc) is 3.37. The number of alkyl halides is 3. The van der Waals surface area contributed by atoms with E-state index in [-0.39, 0.29) is 50.0 Å². The minimum Gasteiger partial charge on any atom is -0.289 e. The van der Waals surface area contributed by atoms with Crippen molar-refractivity contribution in [3.8, 4) is 39.9 Å². The van der Waals surface area contributed by atoms with E-state index in [4.69, 9.17) is 9.97 Å². The zero-order valence-electron chi connectivity index (χ0n) is 30.8. The van der Waals surface area contributed by atoms with Gasteiger partial charge in [-0.15, -0.1) is 0 Å². The van der Waals surface area contributed by atoms with Crippen LogP contribution in [0.15, 0.2) is 73.3 Å². The van der Waals surface area contributed by atoms with Crippen LogP contribution in [-0.2, 0) is 27.8 Å². The number of pyridine rings is 4. The SMILES string of the molecule is CC(C)(C)c1ccnc(-c2c(C(F)(F)F)c(-c3cc(C(C)(C)C)ccn3)n(-c3cc(C(C)(C)C)ccn3)c2-c2cc(C(C)(C)C)ccn2)c1. The largest absolute Gasteiger partial charge is 0.419 e. The summed E-state index contributed by atoms with van der Waals surface area (Å²) in [6.07, 6.45) is 1.70. The maximum absolute atomic E-state index is 16.0. The maximum atomic E-state index is 16.0. The maximum Gasteiger partial charge on any atom is 0.419 e. The van der Waals surface area contributed by atoms with Gasteiger partial charge in [0.25, 0.3) is 0 Å². The summed E-state index contributed by atoms with van der Waals surface area (Å²) in [6, 6.07) is 14.8. The Balaban J connectivity index is 2.09. The molecule has 0 radical (unpaired) electrons. The molecule has 0 aliphatic carbocycles. The first-order chi connectivity index (χ1) is 22.5. The molecule has 258 valence electrons. The molecule has 0 aromatic carbocycles. The summed E-state index contributed by atoms with van der Waals surface area (Å²) in [5, 5.41) is 0. The van der Waals surface area contributed by atoms with E-state index in [2.05, 4.69) is 51.5 Å². The first-order valence-corrected chi connectivity index (χ1v) is 16.7. The van der Waals surface area contributed by atoms with E-state index in [1.807, 2.05) is 77.9 Å².